The molecule has 8 rings (SSSR count). The van der Waals surface area contributed by atoms with Crippen molar-refractivity contribution < 1.29 is 19.1 Å². The number of hydrogen-bond acceptors (Lipinski definition) is 5. The Balaban J connectivity index is 1.22. The highest BCUT2D eigenvalue weighted by Crippen LogP contribution is 2.44. The number of aromatic nitrogens is 3. The number of nitrogens with zero attached hydrogens (tertiary/aromatic N) is 5. The molecule has 224 valence electrons. The second-order valence-corrected chi connectivity index (χ2v) is 13.2. The number of carbonyl (C=O) groups is 2. The zero-order chi connectivity index (χ0) is 29.6. The van der Waals surface area contributed by atoms with Gasteiger partial charge in [-0.2, -0.15) is 0 Å². The third-order valence-corrected chi connectivity index (χ3v) is 10.7. The molecule has 2 bridgehead atoms. The Kier molecular flexibility index (Phi) is 6.04. The Morgan fingerprint density at radius 2 is 1.81 bits per heavy atom. The molecule has 2 saturated carbocycles. The van der Waals surface area contributed by atoms with Crippen LogP contribution in [-0.4, -0.2) is 75.8 Å². The molecule has 2 aliphatic carbocycles. The van der Waals surface area contributed by atoms with Crippen molar-refractivity contribution in [2.75, 3.05) is 33.9 Å². The second kappa shape index (κ2) is 9.76. The fraction of sp³-hybridized carbons (Fsp3) is 0.500. The van der Waals surface area contributed by atoms with Crippen molar-refractivity contribution in [2.45, 2.75) is 51.1 Å². The summed E-state index contributed by atoms with van der Waals surface area (Å²) in [6.07, 6.45) is 4.53. The van der Waals surface area contributed by atoms with E-state index in [2.05, 4.69) is 45.2 Å². The highest BCUT2D eigenvalue weighted by molar-refractivity contribution is 6.00. The summed E-state index contributed by atoms with van der Waals surface area (Å²) in [6, 6.07) is 12.9. The van der Waals surface area contributed by atoms with Gasteiger partial charge in [-0.05, 0) is 67.2 Å². The molecule has 0 radical (unpaired) electrons. The smallest absolute Gasteiger partial charge is 0.409 e. The van der Waals surface area contributed by atoms with Gasteiger partial charge in [-0.15, -0.1) is 0 Å². The van der Waals surface area contributed by atoms with Crippen LogP contribution >= 0.6 is 0 Å². The maximum absolute atomic E-state index is 13.8. The maximum atomic E-state index is 13.8. The third-order valence-electron chi connectivity index (χ3n) is 10.7. The third kappa shape index (κ3) is 4.07. The van der Waals surface area contributed by atoms with E-state index in [0.29, 0.717) is 48.2 Å². The molecule has 2 aromatic heterocycles. The van der Waals surface area contributed by atoms with E-state index in [4.69, 9.17) is 14.5 Å². The normalized spacial score (nSPS) is 23.4. The van der Waals surface area contributed by atoms with Gasteiger partial charge in [0.1, 0.15) is 11.3 Å². The molecule has 43 heavy (non-hydrogen) atoms. The van der Waals surface area contributed by atoms with Crippen LogP contribution < -0.4 is 4.74 Å². The van der Waals surface area contributed by atoms with Crippen LogP contribution in [0.4, 0.5) is 4.79 Å². The minimum Gasteiger partial charge on any atom is -0.494 e. The summed E-state index contributed by atoms with van der Waals surface area (Å²) in [5, 5.41) is 1.18. The van der Waals surface area contributed by atoms with E-state index >= 15 is 0 Å². The number of likely N-dealkylation sites (tertiary alicyclic amines) is 2. The van der Waals surface area contributed by atoms with Crippen molar-refractivity contribution in [3.05, 3.63) is 47.5 Å². The number of methoxy groups -OCH3 is 2. The number of imidazole rings is 1. The highest BCUT2D eigenvalue weighted by Gasteiger charge is 2.46. The molecule has 1 unspecified atom stereocenters. The Morgan fingerprint density at radius 3 is 2.49 bits per heavy atom. The molecule has 2 aromatic carbocycles. The zero-order valence-electron chi connectivity index (χ0n) is 25.4. The zero-order valence-corrected chi connectivity index (χ0v) is 25.4. The van der Waals surface area contributed by atoms with Crippen molar-refractivity contribution in [2.24, 2.45) is 24.8 Å². The van der Waals surface area contributed by atoms with Crippen LogP contribution in [0.2, 0.25) is 0 Å². The number of aryl methyl sites for hydroxylation is 1. The largest absolute Gasteiger partial charge is 0.494 e. The minimum absolute atomic E-state index is 0.0837. The first-order valence-corrected chi connectivity index (χ1v) is 15.7. The van der Waals surface area contributed by atoms with E-state index in [1.54, 1.807) is 12.0 Å². The summed E-state index contributed by atoms with van der Waals surface area (Å²) in [5.41, 5.74) is 5.87. The van der Waals surface area contributed by atoms with Crippen molar-refractivity contribution in [1.82, 2.24) is 23.9 Å². The number of rotatable bonds is 6. The molecule has 0 N–H and O–H groups in total. The molecule has 4 heterocycles. The molecule has 4 fully saturated rings. The number of piperidine rings is 1. The topological polar surface area (TPSA) is 81.8 Å². The van der Waals surface area contributed by atoms with Crippen molar-refractivity contribution in [3.63, 3.8) is 0 Å². The number of para-hydroxylation sites is 1. The van der Waals surface area contributed by atoms with E-state index < -0.39 is 0 Å². The van der Waals surface area contributed by atoms with Crippen LogP contribution in [0.25, 0.3) is 33.5 Å². The van der Waals surface area contributed by atoms with Gasteiger partial charge in [-0.3, -0.25) is 4.79 Å². The van der Waals surface area contributed by atoms with E-state index in [1.165, 1.54) is 42.8 Å². The summed E-state index contributed by atoms with van der Waals surface area (Å²) in [4.78, 5) is 34.9. The maximum Gasteiger partial charge on any atom is 0.409 e. The monoisotopic (exact) mass is 581 g/mol. The molecule has 9 heteroatoms. The lowest BCUT2D eigenvalue weighted by Crippen LogP contribution is -2.48. The van der Waals surface area contributed by atoms with Gasteiger partial charge in [0.2, 0.25) is 0 Å². The van der Waals surface area contributed by atoms with Crippen LogP contribution in [-0.2, 0) is 18.3 Å². The van der Waals surface area contributed by atoms with E-state index in [-0.39, 0.29) is 17.9 Å². The van der Waals surface area contributed by atoms with Crippen LogP contribution in [0.15, 0.2) is 36.4 Å². The van der Waals surface area contributed by atoms with Crippen LogP contribution in [0.1, 0.15) is 54.4 Å². The molecular weight excluding hydrogens is 542 g/mol. The molecule has 2 saturated heterocycles. The Morgan fingerprint density at radius 1 is 1.00 bits per heavy atom. The predicted molar refractivity (Wildman–Crippen MR) is 164 cm³/mol. The quantitative estimate of drug-likeness (QED) is 0.294. The van der Waals surface area contributed by atoms with Crippen LogP contribution in [0, 0.1) is 17.8 Å². The van der Waals surface area contributed by atoms with Gasteiger partial charge in [-0.25, -0.2) is 9.78 Å². The van der Waals surface area contributed by atoms with Gasteiger partial charge < -0.3 is 28.4 Å². The molecular formula is C34H39N5O4. The average Bonchev–Trinajstić information content (AvgIpc) is 3.38. The fourth-order valence-electron chi connectivity index (χ4n) is 8.10. The highest BCUT2D eigenvalue weighted by atomic mass is 16.5. The number of benzene rings is 2. The van der Waals surface area contributed by atoms with Gasteiger partial charge in [0.05, 0.1) is 30.9 Å². The molecule has 2 amide bonds. The number of fused-ring (bicyclic) bond motifs is 4. The lowest BCUT2D eigenvalue weighted by atomic mass is 9.90. The molecule has 3 atom stereocenters. The second-order valence-electron chi connectivity index (χ2n) is 13.2. The van der Waals surface area contributed by atoms with Gasteiger partial charge in [0, 0.05) is 56.1 Å². The first-order valence-electron chi connectivity index (χ1n) is 15.7. The predicted octanol–water partition coefficient (Wildman–Crippen LogP) is 5.65. The van der Waals surface area contributed by atoms with E-state index in [1.807, 2.05) is 19.2 Å². The van der Waals surface area contributed by atoms with Gasteiger partial charge in [0.25, 0.3) is 5.91 Å². The number of hydrogen-bond donors (Lipinski definition) is 0. The summed E-state index contributed by atoms with van der Waals surface area (Å²) in [6.45, 7) is 5.39. The Bertz CT molecular complexity index is 1780. The van der Waals surface area contributed by atoms with Crippen LogP contribution in [0.3, 0.4) is 0 Å². The minimum atomic E-state index is -0.268. The van der Waals surface area contributed by atoms with Crippen molar-refractivity contribution >= 4 is 33.9 Å². The number of carbonyl (C=O) groups excluding carboxylic acids is 2. The molecule has 2 aliphatic heterocycles. The SMILES string of the molecule is COC(=O)N1CC(c2cccc3cc(-c4nc5cc(C(=O)N6C[C@H]7CC[C@@H]6C7C)cc(OC)c5n4C)n(CC4CC4)c23)C1. The summed E-state index contributed by atoms with van der Waals surface area (Å²) in [7, 11) is 5.14. The summed E-state index contributed by atoms with van der Waals surface area (Å²) >= 11 is 0. The van der Waals surface area contributed by atoms with E-state index in [0.717, 1.165) is 42.1 Å². The number of amides is 2. The summed E-state index contributed by atoms with van der Waals surface area (Å²) < 4.78 is 15.4. The number of ether oxygens (including phenoxy) is 2. The van der Waals surface area contributed by atoms with Crippen molar-refractivity contribution in [3.8, 4) is 17.3 Å². The Labute approximate surface area is 251 Å². The molecule has 4 aliphatic rings. The molecule has 9 nitrogen and oxygen atoms in total. The molecule has 4 aromatic rings. The first-order chi connectivity index (χ1) is 20.9. The lowest BCUT2D eigenvalue weighted by molar-refractivity contribution is 0.0695. The molecule has 0 spiro atoms. The standard InChI is InChI=1S/C34H39N5O4/c1-19-22-10-11-27(19)39(18-22)33(40)23-12-26-31(29(14-23)42-3)36(2)32(35-26)28-13-21-6-5-7-25(24-16-37(17-24)34(41)43-4)30(21)38(28)15-20-8-9-20/h5-7,12-14,19-20,22,24,27H,8-11,15-18H2,1-4H3/t19?,22-,27-/m1/s1. The van der Waals surface area contributed by atoms with E-state index in [9.17, 15) is 9.59 Å². The van der Waals surface area contributed by atoms with Gasteiger partial charge in [0.15, 0.2) is 5.82 Å². The first kappa shape index (κ1) is 26.6. The lowest BCUT2D eigenvalue weighted by Gasteiger charge is -2.38. The fourth-order valence-corrected chi connectivity index (χ4v) is 8.10. The Hall–Kier alpha value is -4.01. The van der Waals surface area contributed by atoms with Gasteiger partial charge >= 0.3 is 6.09 Å². The van der Waals surface area contributed by atoms with Crippen molar-refractivity contribution in [1.29, 1.82) is 0 Å². The average molecular weight is 582 g/mol. The summed E-state index contributed by atoms with van der Waals surface area (Å²) in [5.74, 6) is 3.71. The van der Waals surface area contributed by atoms with Crippen LogP contribution in [0.5, 0.6) is 5.75 Å². The van der Waals surface area contributed by atoms with Gasteiger partial charge in [-0.1, -0.05) is 25.1 Å².